The lowest BCUT2D eigenvalue weighted by atomic mass is 10.0. The summed E-state index contributed by atoms with van der Waals surface area (Å²) >= 11 is 0. The van der Waals surface area contributed by atoms with Gasteiger partial charge in [-0.2, -0.15) is 0 Å². The lowest BCUT2D eigenvalue weighted by molar-refractivity contribution is -0.140. The van der Waals surface area contributed by atoms with Crippen LogP contribution in [0.5, 0.6) is 5.75 Å². The number of methoxy groups -OCH3 is 1. The first-order chi connectivity index (χ1) is 19.6. The molecule has 1 saturated carbocycles. The molecule has 3 aromatic rings. The molecule has 8 nitrogen and oxygen atoms in total. The number of nitrogens with zero attached hydrogens (tertiary/aromatic N) is 2. The molecule has 1 aliphatic rings. The number of hydrogen-bond acceptors (Lipinski definition) is 5. The van der Waals surface area contributed by atoms with Crippen molar-refractivity contribution in [3.63, 3.8) is 0 Å². The van der Waals surface area contributed by atoms with Gasteiger partial charge >= 0.3 is 0 Å². The van der Waals surface area contributed by atoms with E-state index in [0.717, 1.165) is 59.5 Å². The van der Waals surface area contributed by atoms with E-state index >= 15 is 0 Å². The summed E-state index contributed by atoms with van der Waals surface area (Å²) in [5.41, 5.74) is 1.73. The van der Waals surface area contributed by atoms with Crippen molar-refractivity contribution in [2.75, 3.05) is 24.2 Å². The van der Waals surface area contributed by atoms with Crippen LogP contribution in [0.1, 0.15) is 36.8 Å². The third kappa shape index (κ3) is 8.29. The maximum absolute atomic E-state index is 14.1. The lowest BCUT2D eigenvalue weighted by Gasteiger charge is -2.34. The number of benzene rings is 3. The van der Waals surface area contributed by atoms with Crippen LogP contribution in [0.2, 0.25) is 0 Å². The highest BCUT2D eigenvalue weighted by Gasteiger charge is 2.34. The fourth-order valence-electron chi connectivity index (χ4n) is 5.11. The van der Waals surface area contributed by atoms with Gasteiger partial charge in [-0.15, -0.1) is 0 Å². The van der Waals surface area contributed by atoms with Crippen molar-refractivity contribution in [1.29, 1.82) is 0 Å². The maximum Gasteiger partial charge on any atom is 0.244 e. The van der Waals surface area contributed by atoms with Crippen LogP contribution in [0.25, 0.3) is 0 Å². The predicted molar refractivity (Wildman–Crippen MR) is 156 cm³/mol. The van der Waals surface area contributed by atoms with E-state index in [1.807, 2.05) is 36.4 Å². The predicted octanol–water partition coefficient (Wildman–Crippen LogP) is 4.30. The second-order valence-electron chi connectivity index (χ2n) is 10.3. The maximum atomic E-state index is 14.1. The van der Waals surface area contributed by atoms with Crippen molar-refractivity contribution >= 4 is 27.5 Å². The normalized spacial score (nSPS) is 14.3. The highest BCUT2D eigenvalue weighted by molar-refractivity contribution is 7.92. The average Bonchev–Trinajstić information content (AvgIpc) is 3.47. The van der Waals surface area contributed by atoms with Crippen molar-refractivity contribution in [3.05, 3.63) is 95.8 Å². The highest BCUT2D eigenvalue weighted by Crippen LogP contribution is 2.23. The first-order valence-corrected chi connectivity index (χ1v) is 15.5. The fourth-order valence-corrected chi connectivity index (χ4v) is 5.96. The van der Waals surface area contributed by atoms with Gasteiger partial charge in [0.15, 0.2) is 0 Å². The number of amides is 2. The molecule has 218 valence electrons. The molecule has 0 spiro atoms. The molecule has 10 heteroatoms. The Labute approximate surface area is 241 Å². The molecule has 0 heterocycles. The monoisotopic (exact) mass is 581 g/mol. The molecule has 2 amide bonds. The number of anilines is 1. The molecule has 3 aromatic carbocycles. The number of sulfonamides is 1. The Morgan fingerprint density at radius 2 is 1.63 bits per heavy atom. The SMILES string of the molecule is COc1cccc(CN(C(=O)CN(c2ccc(F)cc2)S(C)(=O)=O)[C@H](Cc2ccccc2)C(=O)NC2CCCC2)c1. The molecular weight excluding hydrogens is 545 g/mol. The van der Waals surface area contributed by atoms with Gasteiger partial charge in [-0.1, -0.05) is 55.3 Å². The Morgan fingerprint density at radius 3 is 2.27 bits per heavy atom. The first kappa shape index (κ1) is 30.0. The van der Waals surface area contributed by atoms with E-state index in [9.17, 15) is 22.4 Å². The third-order valence-corrected chi connectivity index (χ3v) is 8.39. The van der Waals surface area contributed by atoms with E-state index in [2.05, 4.69) is 5.32 Å². The zero-order valence-electron chi connectivity index (χ0n) is 23.3. The van der Waals surface area contributed by atoms with Crippen LogP contribution in [0.3, 0.4) is 0 Å². The molecule has 0 aliphatic heterocycles. The smallest absolute Gasteiger partial charge is 0.244 e. The minimum Gasteiger partial charge on any atom is -0.497 e. The van der Waals surface area contributed by atoms with Crippen molar-refractivity contribution in [3.8, 4) is 5.75 Å². The molecular formula is C31H36FN3O5S. The Balaban J connectivity index is 1.73. The highest BCUT2D eigenvalue weighted by atomic mass is 32.2. The van der Waals surface area contributed by atoms with Gasteiger partial charge in [0.05, 0.1) is 19.1 Å². The number of carbonyl (C=O) groups excluding carboxylic acids is 2. The zero-order chi connectivity index (χ0) is 29.4. The van der Waals surface area contributed by atoms with Crippen molar-refractivity contribution in [2.45, 2.75) is 50.7 Å². The van der Waals surface area contributed by atoms with Crippen LogP contribution in [0, 0.1) is 5.82 Å². The van der Waals surface area contributed by atoms with E-state index in [4.69, 9.17) is 4.74 Å². The number of halogens is 1. The van der Waals surface area contributed by atoms with Crippen LogP contribution in [-0.4, -0.2) is 57.1 Å². The Morgan fingerprint density at radius 1 is 0.976 bits per heavy atom. The molecule has 0 bridgehead atoms. The van der Waals surface area contributed by atoms with Crippen LogP contribution >= 0.6 is 0 Å². The molecule has 1 N–H and O–H groups in total. The fraction of sp³-hybridized carbons (Fsp3) is 0.355. The zero-order valence-corrected chi connectivity index (χ0v) is 24.1. The number of nitrogens with one attached hydrogen (secondary N) is 1. The van der Waals surface area contributed by atoms with Crippen LogP contribution in [0.15, 0.2) is 78.9 Å². The van der Waals surface area contributed by atoms with Gasteiger partial charge in [-0.25, -0.2) is 12.8 Å². The Kier molecular flexibility index (Phi) is 9.99. The molecule has 0 saturated heterocycles. The van der Waals surface area contributed by atoms with Crippen molar-refractivity contribution in [1.82, 2.24) is 10.2 Å². The summed E-state index contributed by atoms with van der Waals surface area (Å²) in [5.74, 6) is -0.788. The van der Waals surface area contributed by atoms with E-state index < -0.39 is 34.3 Å². The number of rotatable bonds is 12. The summed E-state index contributed by atoms with van der Waals surface area (Å²) in [6.45, 7) is -0.511. The average molecular weight is 582 g/mol. The summed E-state index contributed by atoms with van der Waals surface area (Å²) in [7, 11) is -2.38. The molecule has 1 atom stereocenters. The van der Waals surface area contributed by atoms with E-state index in [1.54, 1.807) is 25.3 Å². The standard InChI is InChI=1S/C31H36FN3O5S/c1-40-28-14-8-11-24(19-28)21-34(30(36)22-35(41(2,38)39)27-17-15-25(32)16-18-27)29(20-23-9-4-3-5-10-23)31(37)33-26-12-6-7-13-26/h3-5,8-11,14-19,26,29H,6-7,12-13,20-22H2,1-2H3,(H,33,37)/t29-/m1/s1. The number of hydrogen-bond donors (Lipinski definition) is 1. The van der Waals surface area contributed by atoms with Gasteiger partial charge in [0, 0.05) is 19.0 Å². The quantitative estimate of drug-likeness (QED) is 0.344. The van der Waals surface area contributed by atoms with Gasteiger partial charge < -0.3 is 15.0 Å². The molecule has 0 aromatic heterocycles. The van der Waals surface area contributed by atoms with Gasteiger partial charge in [0.25, 0.3) is 0 Å². The summed E-state index contributed by atoms with van der Waals surface area (Å²) in [6, 6.07) is 20.6. The molecule has 41 heavy (non-hydrogen) atoms. The summed E-state index contributed by atoms with van der Waals surface area (Å²) in [6.07, 6.45) is 5.04. The minimum absolute atomic E-state index is 0.0290. The molecule has 4 rings (SSSR count). The van der Waals surface area contributed by atoms with Gasteiger partial charge in [-0.3, -0.25) is 13.9 Å². The topological polar surface area (TPSA) is 96.0 Å². The first-order valence-electron chi connectivity index (χ1n) is 13.6. The van der Waals surface area contributed by atoms with E-state index in [1.165, 1.54) is 17.0 Å². The van der Waals surface area contributed by atoms with Gasteiger partial charge in [-0.05, 0) is 60.4 Å². The summed E-state index contributed by atoms with van der Waals surface area (Å²) in [5, 5.41) is 3.13. The molecule has 1 aliphatic carbocycles. The van der Waals surface area contributed by atoms with Gasteiger partial charge in [0.2, 0.25) is 21.8 Å². The van der Waals surface area contributed by atoms with Crippen LogP contribution in [-0.2, 0) is 32.6 Å². The summed E-state index contributed by atoms with van der Waals surface area (Å²) in [4.78, 5) is 29.4. The Hall–Kier alpha value is -3.92. The molecule has 0 unspecified atom stereocenters. The lowest BCUT2D eigenvalue weighted by Crippen LogP contribution is -2.54. The third-order valence-electron chi connectivity index (χ3n) is 7.25. The van der Waals surface area contributed by atoms with Crippen LogP contribution in [0.4, 0.5) is 10.1 Å². The molecule has 0 radical (unpaired) electrons. The number of carbonyl (C=O) groups is 2. The van der Waals surface area contributed by atoms with E-state index in [-0.39, 0.29) is 30.6 Å². The largest absolute Gasteiger partial charge is 0.497 e. The summed E-state index contributed by atoms with van der Waals surface area (Å²) < 4.78 is 45.5. The van der Waals surface area contributed by atoms with E-state index in [0.29, 0.717) is 5.75 Å². The Bertz CT molecular complexity index is 1430. The number of ether oxygens (including phenoxy) is 1. The second-order valence-corrected chi connectivity index (χ2v) is 12.2. The molecule has 1 fully saturated rings. The van der Waals surface area contributed by atoms with Crippen molar-refractivity contribution < 1.29 is 27.1 Å². The minimum atomic E-state index is -3.92. The van der Waals surface area contributed by atoms with Crippen LogP contribution < -0.4 is 14.4 Å². The second kappa shape index (κ2) is 13.6. The van der Waals surface area contributed by atoms with Crippen molar-refractivity contribution in [2.24, 2.45) is 0 Å². The van der Waals surface area contributed by atoms with Gasteiger partial charge in [0.1, 0.15) is 24.2 Å².